The van der Waals surface area contributed by atoms with Crippen LogP contribution in [-0.4, -0.2) is 47.0 Å². The second kappa shape index (κ2) is 6.43. The minimum Gasteiger partial charge on any atom is -0.381 e. The van der Waals surface area contributed by atoms with Crippen molar-refractivity contribution < 1.29 is 4.74 Å². The predicted molar refractivity (Wildman–Crippen MR) is 82.0 cm³/mol. The fourth-order valence-electron chi connectivity index (χ4n) is 2.73. The summed E-state index contributed by atoms with van der Waals surface area (Å²) >= 11 is 0. The summed E-state index contributed by atoms with van der Waals surface area (Å²) in [6.07, 6.45) is 3.04. The van der Waals surface area contributed by atoms with Crippen LogP contribution in [0.5, 0.6) is 0 Å². The van der Waals surface area contributed by atoms with Crippen LogP contribution in [0, 0.1) is 5.41 Å². The number of aliphatic imine (C=N–C) groups is 1. The zero-order valence-corrected chi connectivity index (χ0v) is 13.6. The highest BCUT2D eigenvalue weighted by atomic mass is 16.5. The Morgan fingerprint density at radius 1 is 1.57 bits per heavy atom. The van der Waals surface area contributed by atoms with Gasteiger partial charge < -0.3 is 19.9 Å². The fourth-order valence-corrected chi connectivity index (χ4v) is 2.73. The van der Waals surface area contributed by atoms with E-state index in [2.05, 4.69) is 46.6 Å². The quantitative estimate of drug-likeness (QED) is 0.620. The summed E-state index contributed by atoms with van der Waals surface area (Å²) in [5.74, 6) is 1.69. The molecule has 0 spiro atoms. The van der Waals surface area contributed by atoms with Crippen molar-refractivity contribution in [3.63, 3.8) is 0 Å². The van der Waals surface area contributed by atoms with Crippen LogP contribution < -0.4 is 10.6 Å². The molecule has 21 heavy (non-hydrogen) atoms. The number of guanidine groups is 1. The van der Waals surface area contributed by atoms with Gasteiger partial charge >= 0.3 is 0 Å². The van der Waals surface area contributed by atoms with E-state index in [0.717, 1.165) is 24.7 Å². The summed E-state index contributed by atoms with van der Waals surface area (Å²) in [6.45, 7) is 7.96. The molecule has 1 heterocycles. The molecule has 0 aliphatic heterocycles. The summed E-state index contributed by atoms with van der Waals surface area (Å²) in [5.41, 5.74) is 0.107. The fraction of sp³-hybridized carbons (Fsp3) is 0.786. The van der Waals surface area contributed by atoms with Gasteiger partial charge in [0.25, 0.3) is 0 Å². The van der Waals surface area contributed by atoms with Crippen molar-refractivity contribution in [2.45, 2.75) is 52.4 Å². The standard InChI is InChI=1S/C14H26N6O/c1-6-20-9-17-19-12(20)8-16-13(15-4)18-10-7-11(21-5)14(10,2)3/h9-11H,6-8H2,1-5H3,(H2,15,16,18). The van der Waals surface area contributed by atoms with Crippen molar-refractivity contribution in [1.29, 1.82) is 0 Å². The first-order chi connectivity index (χ1) is 10.0. The Balaban J connectivity index is 1.88. The van der Waals surface area contributed by atoms with E-state index in [9.17, 15) is 0 Å². The van der Waals surface area contributed by atoms with Gasteiger partial charge in [-0.1, -0.05) is 13.8 Å². The average molecular weight is 294 g/mol. The van der Waals surface area contributed by atoms with E-state index in [1.807, 2.05) is 4.57 Å². The predicted octanol–water partition coefficient (Wildman–Crippen LogP) is 0.777. The zero-order chi connectivity index (χ0) is 15.5. The molecule has 1 fully saturated rings. The summed E-state index contributed by atoms with van der Waals surface area (Å²) in [6, 6.07) is 0.359. The first-order valence-electron chi connectivity index (χ1n) is 7.39. The molecule has 1 saturated carbocycles. The van der Waals surface area contributed by atoms with Gasteiger partial charge in [0.15, 0.2) is 11.8 Å². The molecular formula is C14H26N6O. The molecule has 7 nitrogen and oxygen atoms in total. The van der Waals surface area contributed by atoms with Crippen LogP contribution >= 0.6 is 0 Å². The maximum Gasteiger partial charge on any atom is 0.191 e. The maximum absolute atomic E-state index is 5.47. The van der Waals surface area contributed by atoms with Crippen molar-refractivity contribution in [2.75, 3.05) is 14.2 Å². The van der Waals surface area contributed by atoms with E-state index in [-0.39, 0.29) is 5.41 Å². The molecular weight excluding hydrogens is 268 g/mol. The molecule has 2 unspecified atom stereocenters. The van der Waals surface area contributed by atoms with Crippen LogP contribution in [0.25, 0.3) is 0 Å². The largest absolute Gasteiger partial charge is 0.381 e. The van der Waals surface area contributed by atoms with Crippen LogP contribution in [-0.2, 0) is 17.8 Å². The third-order valence-electron chi connectivity index (χ3n) is 4.45. The molecule has 118 valence electrons. The van der Waals surface area contributed by atoms with E-state index in [0.29, 0.717) is 18.7 Å². The number of hydrogen-bond donors (Lipinski definition) is 2. The molecule has 1 aromatic rings. The molecule has 7 heteroatoms. The van der Waals surface area contributed by atoms with Crippen molar-refractivity contribution in [2.24, 2.45) is 10.4 Å². The topological polar surface area (TPSA) is 76.4 Å². The van der Waals surface area contributed by atoms with E-state index < -0.39 is 0 Å². The van der Waals surface area contributed by atoms with E-state index in [1.165, 1.54) is 0 Å². The lowest BCUT2D eigenvalue weighted by Gasteiger charge is -2.51. The normalized spacial score (nSPS) is 24.5. The second-order valence-corrected chi connectivity index (χ2v) is 5.94. The van der Waals surface area contributed by atoms with Gasteiger partial charge in [0.2, 0.25) is 0 Å². The van der Waals surface area contributed by atoms with Gasteiger partial charge in [-0.25, -0.2) is 0 Å². The summed E-state index contributed by atoms with van der Waals surface area (Å²) in [7, 11) is 3.55. The van der Waals surface area contributed by atoms with Gasteiger partial charge in [-0.05, 0) is 13.3 Å². The van der Waals surface area contributed by atoms with Gasteiger partial charge in [0.1, 0.15) is 6.33 Å². The lowest BCUT2D eigenvalue weighted by Crippen LogP contribution is -2.63. The Labute approximate surface area is 126 Å². The number of ether oxygens (including phenoxy) is 1. The molecule has 2 N–H and O–H groups in total. The van der Waals surface area contributed by atoms with E-state index >= 15 is 0 Å². The van der Waals surface area contributed by atoms with Crippen molar-refractivity contribution in [1.82, 2.24) is 25.4 Å². The molecule has 2 atom stereocenters. The number of aromatic nitrogens is 3. The van der Waals surface area contributed by atoms with Crippen LogP contribution in [0.2, 0.25) is 0 Å². The smallest absolute Gasteiger partial charge is 0.191 e. The molecule has 1 aliphatic rings. The molecule has 0 saturated heterocycles. The number of nitrogens with one attached hydrogen (secondary N) is 2. The van der Waals surface area contributed by atoms with Crippen LogP contribution in [0.1, 0.15) is 33.0 Å². The number of methoxy groups -OCH3 is 1. The minimum absolute atomic E-state index is 0.107. The summed E-state index contributed by atoms with van der Waals surface area (Å²) in [4.78, 5) is 4.28. The first-order valence-corrected chi connectivity index (χ1v) is 7.39. The average Bonchev–Trinajstić information content (AvgIpc) is 2.93. The van der Waals surface area contributed by atoms with Crippen molar-refractivity contribution in [3.05, 3.63) is 12.2 Å². The molecule has 0 bridgehead atoms. The molecule has 0 radical (unpaired) electrons. The lowest BCUT2D eigenvalue weighted by molar-refractivity contribution is -0.0922. The molecule has 1 aliphatic carbocycles. The summed E-state index contributed by atoms with van der Waals surface area (Å²) < 4.78 is 7.48. The second-order valence-electron chi connectivity index (χ2n) is 5.94. The minimum atomic E-state index is 0.107. The molecule has 0 amide bonds. The Morgan fingerprint density at radius 3 is 2.90 bits per heavy atom. The maximum atomic E-state index is 5.47. The number of hydrogen-bond acceptors (Lipinski definition) is 4. The highest BCUT2D eigenvalue weighted by Gasteiger charge is 2.48. The van der Waals surface area contributed by atoms with Crippen molar-refractivity contribution in [3.8, 4) is 0 Å². The Morgan fingerprint density at radius 2 is 2.33 bits per heavy atom. The Kier molecular flexibility index (Phi) is 4.82. The zero-order valence-electron chi connectivity index (χ0n) is 13.6. The Hall–Kier alpha value is -1.63. The number of nitrogens with zero attached hydrogens (tertiary/aromatic N) is 4. The van der Waals surface area contributed by atoms with Crippen LogP contribution in [0.3, 0.4) is 0 Å². The van der Waals surface area contributed by atoms with Crippen molar-refractivity contribution >= 4 is 5.96 Å². The number of aryl methyl sites for hydroxylation is 1. The molecule has 2 rings (SSSR count). The third-order valence-corrected chi connectivity index (χ3v) is 4.45. The highest BCUT2D eigenvalue weighted by Crippen LogP contribution is 2.42. The SMILES string of the molecule is CCn1cnnc1CNC(=NC)NC1CC(OC)C1(C)C. The highest BCUT2D eigenvalue weighted by molar-refractivity contribution is 5.80. The first kappa shape index (κ1) is 15.8. The van der Waals surface area contributed by atoms with Crippen LogP contribution in [0.4, 0.5) is 0 Å². The van der Waals surface area contributed by atoms with E-state index in [1.54, 1.807) is 20.5 Å². The van der Waals surface area contributed by atoms with Crippen LogP contribution in [0.15, 0.2) is 11.3 Å². The monoisotopic (exact) mass is 294 g/mol. The van der Waals surface area contributed by atoms with Gasteiger partial charge in [-0.2, -0.15) is 0 Å². The lowest BCUT2D eigenvalue weighted by atomic mass is 9.64. The summed E-state index contributed by atoms with van der Waals surface area (Å²) in [5, 5.41) is 14.8. The Bertz CT molecular complexity index is 495. The van der Waals surface area contributed by atoms with Gasteiger partial charge in [-0.3, -0.25) is 4.99 Å². The molecule has 0 aromatic carbocycles. The molecule has 1 aromatic heterocycles. The van der Waals surface area contributed by atoms with E-state index in [4.69, 9.17) is 4.74 Å². The van der Waals surface area contributed by atoms with Gasteiger partial charge in [0, 0.05) is 32.2 Å². The van der Waals surface area contributed by atoms with Gasteiger partial charge in [-0.15, -0.1) is 10.2 Å². The number of rotatable bonds is 5. The van der Waals surface area contributed by atoms with Gasteiger partial charge in [0.05, 0.1) is 12.6 Å². The third kappa shape index (κ3) is 3.18.